The van der Waals surface area contributed by atoms with Crippen molar-refractivity contribution in [3.8, 4) is 0 Å². The maximum atomic E-state index is 4.39. The number of hydrogen-bond acceptors (Lipinski definition) is 0. The van der Waals surface area contributed by atoms with Crippen LogP contribution in [-0.2, 0) is 0 Å². The Morgan fingerprint density at radius 3 is 2.75 bits per heavy atom. The van der Waals surface area contributed by atoms with Crippen molar-refractivity contribution in [2.24, 2.45) is 23.2 Å². The van der Waals surface area contributed by atoms with Gasteiger partial charge in [-0.25, -0.2) is 0 Å². The zero-order valence-corrected chi connectivity index (χ0v) is 11.4. The molecule has 0 spiro atoms. The van der Waals surface area contributed by atoms with Crippen LogP contribution in [0.25, 0.3) is 0 Å². The number of hydrogen-bond donors (Lipinski definition) is 0. The minimum absolute atomic E-state index is 0.601. The highest BCUT2D eigenvalue weighted by molar-refractivity contribution is 5.13. The van der Waals surface area contributed by atoms with Crippen molar-refractivity contribution >= 4 is 0 Å². The van der Waals surface area contributed by atoms with Gasteiger partial charge in [-0.2, -0.15) is 0 Å². The monoisotopic (exact) mass is 220 g/mol. The highest BCUT2D eigenvalue weighted by Gasteiger charge is 2.50. The Hall–Kier alpha value is -0.260. The molecule has 2 rings (SSSR count). The van der Waals surface area contributed by atoms with Crippen LogP contribution in [0, 0.1) is 23.2 Å². The van der Waals surface area contributed by atoms with Crippen LogP contribution in [0.1, 0.15) is 65.7 Å². The molecule has 0 amide bonds. The summed E-state index contributed by atoms with van der Waals surface area (Å²) < 4.78 is 0. The molecule has 0 bridgehead atoms. The Morgan fingerprint density at radius 2 is 2.06 bits per heavy atom. The van der Waals surface area contributed by atoms with E-state index >= 15 is 0 Å². The third-order valence-corrected chi connectivity index (χ3v) is 5.54. The van der Waals surface area contributed by atoms with E-state index in [-0.39, 0.29) is 0 Å². The quantitative estimate of drug-likeness (QED) is 0.574. The Bertz CT molecular complexity index is 265. The lowest BCUT2D eigenvalue weighted by Crippen LogP contribution is -2.36. The predicted octanol–water partition coefficient (Wildman–Crippen LogP) is 5.20. The van der Waals surface area contributed by atoms with Crippen molar-refractivity contribution in [3.05, 3.63) is 12.2 Å². The number of rotatable bonds is 3. The van der Waals surface area contributed by atoms with Gasteiger partial charge in [-0.3, -0.25) is 0 Å². The first-order chi connectivity index (χ1) is 7.59. The van der Waals surface area contributed by atoms with Gasteiger partial charge in [0.05, 0.1) is 0 Å². The predicted molar refractivity (Wildman–Crippen MR) is 71.4 cm³/mol. The van der Waals surface area contributed by atoms with E-state index < -0.39 is 0 Å². The third kappa shape index (κ3) is 1.85. The maximum Gasteiger partial charge on any atom is -0.0149 e. The number of allylic oxidation sites excluding steroid dienone is 1. The van der Waals surface area contributed by atoms with E-state index in [0.717, 1.165) is 17.8 Å². The second kappa shape index (κ2) is 4.55. The average molecular weight is 220 g/mol. The van der Waals surface area contributed by atoms with Gasteiger partial charge < -0.3 is 0 Å². The molecule has 2 saturated carbocycles. The second-order valence-electron chi connectivity index (χ2n) is 6.52. The molecule has 2 aliphatic carbocycles. The molecule has 0 aromatic carbocycles. The summed E-state index contributed by atoms with van der Waals surface area (Å²) in [7, 11) is 0. The van der Waals surface area contributed by atoms with Crippen molar-refractivity contribution in [2.45, 2.75) is 65.7 Å². The summed E-state index contributed by atoms with van der Waals surface area (Å²) in [4.78, 5) is 0. The van der Waals surface area contributed by atoms with Crippen LogP contribution in [0.15, 0.2) is 12.2 Å². The van der Waals surface area contributed by atoms with Gasteiger partial charge in [0.2, 0.25) is 0 Å². The first-order valence-corrected chi connectivity index (χ1v) is 7.27. The van der Waals surface area contributed by atoms with Crippen molar-refractivity contribution in [1.82, 2.24) is 0 Å². The van der Waals surface area contributed by atoms with Crippen LogP contribution >= 0.6 is 0 Å². The summed E-state index contributed by atoms with van der Waals surface area (Å²) in [5.74, 6) is 2.78. The normalized spacial score (nSPS) is 43.1. The molecular weight excluding hydrogens is 192 g/mol. The Morgan fingerprint density at radius 1 is 1.31 bits per heavy atom. The fourth-order valence-electron chi connectivity index (χ4n) is 4.73. The Labute approximate surface area is 102 Å². The molecule has 4 atom stereocenters. The van der Waals surface area contributed by atoms with E-state index in [2.05, 4.69) is 27.4 Å². The summed E-state index contributed by atoms with van der Waals surface area (Å²) in [5.41, 5.74) is 2.16. The van der Waals surface area contributed by atoms with Crippen LogP contribution in [0.4, 0.5) is 0 Å². The molecule has 2 aliphatic rings. The largest absolute Gasteiger partial charge is 0.0996 e. The molecule has 16 heavy (non-hydrogen) atoms. The van der Waals surface area contributed by atoms with Gasteiger partial charge in [0.25, 0.3) is 0 Å². The summed E-state index contributed by atoms with van der Waals surface area (Å²) in [5, 5.41) is 0. The fraction of sp³-hybridized carbons (Fsp3) is 0.875. The molecule has 0 saturated heterocycles. The van der Waals surface area contributed by atoms with E-state index in [1.807, 2.05) is 0 Å². The molecule has 0 aliphatic heterocycles. The average Bonchev–Trinajstić information content (AvgIpc) is 2.57. The van der Waals surface area contributed by atoms with Gasteiger partial charge in [0, 0.05) is 0 Å². The molecule has 0 heterocycles. The molecule has 0 radical (unpaired) electrons. The van der Waals surface area contributed by atoms with Gasteiger partial charge >= 0.3 is 0 Å². The van der Waals surface area contributed by atoms with E-state index in [1.165, 1.54) is 44.9 Å². The Balaban J connectivity index is 2.14. The minimum Gasteiger partial charge on any atom is -0.0996 e. The van der Waals surface area contributed by atoms with Crippen LogP contribution in [0.5, 0.6) is 0 Å². The second-order valence-corrected chi connectivity index (χ2v) is 6.52. The molecule has 0 N–H and O–H groups in total. The highest BCUT2D eigenvalue weighted by atomic mass is 14.5. The highest BCUT2D eigenvalue weighted by Crippen LogP contribution is 2.59. The standard InChI is InChI=1S/C16H28/c1-5-7-12(2)14-9-10-15-13(3)8-6-11-16(14,15)4/h13-15H,2,5-11H2,1,3-4H3/t13-,14+,15?,16+/m0/s1. The van der Waals surface area contributed by atoms with Crippen molar-refractivity contribution in [1.29, 1.82) is 0 Å². The van der Waals surface area contributed by atoms with E-state index in [0.29, 0.717) is 5.41 Å². The molecule has 0 nitrogen and oxygen atoms in total. The van der Waals surface area contributed by atoms with E-state index in [4.69, 9.17) is 0 Å². The lowest BCUT2D eigenvalue weighted by Gasteiger charge is -2.44. The van der Waals surface area contributed by atoms with Gasteiger partial charge in [-0.1, -0.05) is 52.2 Å². The molecular formula is C16H28. The van der Waals surface area contributed by atoms with Crippen LogP contribution in [-0.4, -0.2) is 0 Å². The van der Waals surface area contributed by atoms with Crippen LogP contribution in [0.3, 0.4) is 0 Å². The molecule has 92 valence electrons. The van der Waals surface area contributed by atoms with Gasteiger partial charge in [-0.05, 0) is 48.9 Å². The Kier molecular flexibility index (Phi) is 3.47. The van der Waals surface area contributed by atoms with Crippen molar-refractivity contribution in [2.75, 3.05) is 0 Å². The minimum atomic E-state index is 0.601. The molecule has 0 aromatic heterocycles. The summed E-state index contributed by atoms with van der Waals surface area (Å²) in [6.07, 6.45) is 9.77. The first-order valence-electron chi connectivity index (χ1n) is 7.27. The molecule has 0 heteroatoms. The first kappa shape index (κ1) is 12.2. The third-order valence-electron chi connectivity index (χ3n) is 5.54. The van der Waals surface area contributed by atoms with Gasteiger partial charge in [-0.15, -0.1) is 0 Å². The summed E-state index contributed by atoms with van der Waals surface area (Å²) in [6.45, 7) is 11.7. The number of fused-ring (bicyclic) bond motifs is 1. The maximum absolute atomic E-state index is 4.39. The van der Waals surface area contributed by atoms with E-state index in [9.17, 15) is 0 Å². The lowest BCUT2D eigenvalue weighted by molar-refractivity contribution is 0.0705. The van der Waals surface area contributed by atoms with Crippen LogP contribution < -0.4 is 0 Å². The molecule has 2 fully saturated rings. The zero-order chi connectivity index (χ0) is 11.8. The lowest BCUT2D eigenvalue weighted by atomic mass is 9.60. The summed E-state index contributed by atoms with van der Waals surface area (Å²) >= 11 is 0. The van der Waals surface area contributed by atoms with E-state index in [1.54, 1.807) is 5.57 Å². The smallest absolute Gasteiger partial charge is 0.0149 e. The molecule has 0 aromatic rings. The van der Waals surface area contributed by atoms with Crippen molar-refractivity contribution in [3.63, 3.8) is 0 Å². The SMILES string of the molecule is C=C(CCC)[C@H]1CCC2[C@@H](C)CCC[C@@]21C. The van der Waals surface area contributed by atoms with Gasteiger partial charge in [0.15, 0.2) is 0 Å². The van der Waals surface area contributed by atoms with Crippen LogP contribution in [0.2, 0.25) is 0 Å². The van der Waals surface area contributed by atoms with Gasteiger partial charge in [0.1, 0.15) is 0 Å². The molecule has 1 unspecified atom stereocenters. The topological polar surface area (TPSA) is 0 Å². The zero-order valence-electron chi connectivity index (χ0n) is 11.4. The summed E-state index contributed by atoms with van der Waals surface area (Å²) in [6, 6.07) is 0. The fourth-order valence-corrected chi connectivity index (χ4v) is 4.73. The van der Waals surface area contributed by atoms with Crippen molar-refractivity contribution < 1.29 is 0 Å².